The van der Waals surface area contributed by atoms with Gasteiger partial charge in [-0.2, -0.15) is 0 Å². The molecule has 0 heterocycles. The Morgan fingerprint density at radius 2 is 0.294 bits per heavy atom. The van der Waals surface area contributed by atoms with Crippen molar-refractivity contribution in [1.29, 1.82) is 0 Å². The smallest absolute Gasteiger partial charge is 0 e. The Labute approximate surface area is 244 Å². The third-order valence-electron chi connectivity index (χ3n) is 2.00. The molecule has 34 heavy (non-hydrogen) atoms. The molecule has 0 aliphatic heterocycles. The van der Waals surface area contributed by atoms with E-state index in [4.69, 9.17) is 0 Å². The molecule has 1 radical (unpaired) electrons. The molecule has 0 bridgehead atoms. The molecule has 0 saturated heterocycles. The molecule has 0 aliphatic rings. The number of hydrogen-bond donors (Lipinski definition) is 0. The summed E-state index contributed by atoms with van der Waals surface area (Å²) >= 11 is 0. The number of hydrogen-bond acceptors (Lipinski definition) is 0. The maximum absolute atomic E-state index is 2.12. The Morgan fingerprint density at radius 1 is 0.265 bits per heavy atom. The van der Waals surface area contributed by atoms with Gasteiger partial charge in [0.05, 0.1) is 0 Å². The van der Waals surface area contributed by atoms with Crippen LogP contribution in [0.15, 0.2) is 109 Å². The Kier molecular flexibility index (Phi) is 164. The quantitative estimate of drug-likeness (QED) is 0.246. The molecule has 0 fully saturated rings. The molecule has 0 spiro atoms. The molecular weight excluding hydrogens is 485 g/mol. The largest absolute Gasteiger partial charge is 0.358 e. The van der Waals surface area contributed by atoms with Crippen LogP contribution in [-0.2, 0) is 32.7 Å². The fourth-order valence-corrected chi connectivity index (χ4v) is 1.15. The minimum atomic E-state index is 0. The van der Waals surface area contributed by atoms with Crippen LogP contribution in [0, 0.1) is 14.9 Å². The second kappa shape index (κ2) is 95.3. The summed E-state index contributed by atoms with van der Waals surface area (Å²) < 4.78 is 0. The molecule has 0 N–H and O–H groups in total. The first-order valence-electron chi connectivity index (χ1n) is 12.4. The third-order valence-corrected chi connectivity index (χ3v) is 2.00. The predicted octanol–water partition coefficient (Wildman–Crippen LogP) is 12.5. The van der Waals surface area contributed by atoms with E-state index in [-0.39, 0.29) is 47.6 Å². The van der Waals surface area contributed by atoms with Gasteiger partial charge in [0.25, 0.3) is 0 Å². The van der Waals surface area contributed by atoms with Gasteiger partial charge in [-0.25, -0.2) is 0 Å². The van der Waals surface area contributed by atoms with E-state index >= 15 is 0 Å². The summed E-state index contributed by atoms with van der Waals surface area (Å²) in [7, 11) is 0. The van der Waals surface area contributed by atoms with Gasteiger partial charge in [0.15, 0.2) is 0 Å². The zero-order valence-electron chi connectivity index (χ0n) is 25.7. The molecule has 0 aromatic heterocycles. The fraction of sp³-hybridized carbons (Fsp3) is 0.394. The molecule has 0 saturated carbocycles. The molecule has 0 atom stereocenters. The molecule has 3 aromatic carbocycles. The zero-order chi connectivity index (χ0) is 25.4. The standard InChI is InChI=1S/3C6H6.C3H8.5C2H6.2CH3.Y/c3*1-2-4-6-5-3-1;1-3-2;5*1-2;;;/h3*1-6H;3H2,1-2H3;5*1-2H3;2*1H3;/q;;;;;;;;;2*-1;. The SMILES string of the molecule is CC.CC.CC.CC.CC.CCC.[CH3-].[CH3-].[Y].c1ccccc1.c1ccccc1.c1ccccc1. The minimum absolute atomic E-state index is 0. The fourth-order valence-electron chi connectivity index (χ4n) is 1.15. The van der Waals surface area contributed by atoms with Crippen molar-refractivity contribution < 1.29 is 32.7 Å². The van der Waals surface area contributed by atoms with Crippen LogP contribution in [0.25, 0.3) is 0 Å². The topological polar surface area (TPSA) is 0 Å². The summed E-state index contributed by atoms with van der Waals surface area (Å²) in [6, 6.07) is 36.0. The molecule has 3 rings (SSSR count). The van der Waals surface area contributed by atoms with Crippen LogP contribution in [0.3, 0.4) is 0 Å². The zero-order valence-corrected chi connectivity index (χ0v) is 28.5. The van der Waals surface area contributed by atoms with Crippen molar-refractivity contribution in [3.8, 4) is 0 Å². The van der Waals surface area contributed by atoms with Gasteiger partial charge in [-0.1, -0.05) is 199 Å². The summed E-state index contributed by atoms with van der Waals surface area (Å²) in [5, 5.41) is 0. The van der Waals surface area contributed by atoms with E-state index in [9.17, 15) is 0 Å². The van der Waals surface area contributed by atoms with E-state index < -0.39 is 0 Å². The molecule has 0 nitrogen and oxygen atoms in total. The predicted molar refractivity (Wildman–Crippen MR) is 165 cm³/mol. The van der Waals surface area contributed by atoms with Crippen molar-refractivity contribution in [2.75, 3.05) is 0 Å². The van der Waals surface area contributed by atoms with E-state index in [1.807, 2.05) is 178 Å². The summed E-state index contributed by atoms with van der Waals surface area (Å²) in [5.41, 5.74) is 0. The first-order chi connectivity index (χ1) is 15.4. The van der Waals surface area contributed by atoms with Crippen molar-refractivity contribution >= 4 is 0 Å². The first kappa shape index (κ1) is 58.5. The van der Waals surface area contributed by atoms with Gasteiger partial charge in [-0.05, 0) is 0 Å². The van der Waals surface area contributed by atoms with E-state index in [2.05, 4.69) is 13.8 Å². The normalized spacial score (nSPS) is 5.65. The van der Waals surface area contributed by atoms with E-state index in [0.29, 0.717) is 0 Å². The van der Waals surface area contributed by atoms with Crippen molar-refractivity contribution in [2.24, 2.45) is 0 Å². The Balaban J connectivity index is -0.0000000308. The Bertz CT molecular complexity index is 311. The second-order valence-electron chi connectivity index (χ2n) is 4.17. The van der Waals surface area contributed by atoms with Gasteiger partial charge in [0, 0.05) is 32.7 Å². The van der Waals surface area contributed by atoms with Gasteiger partial charge in [-0.3, -0.25) is 0 Å². The molecule has 0 unspecified atom stereocenters. The average molecular weight is 548 g/mol. The van der Waals surface area contributed by atoms with Gasteiger partial charge in [0.2, 0.25) is 0 Å². The summed E-state index contributed by atoms with van der Waals surface area (Å²) in [6.45, 7) is 24.2. The monoisotopic (exact) mass is 547 g/mol. The van der Waals surface area contributed by atoms with Crippen LogP contribution in [0.4, 0.5) is 0 Å². The maximum atomic E-state index is 2.12. The summed E-state index contributed by atoms with van der Waals surface area (Å²) in [6.07, 6.45) is 1.25. The van der Waals surface area contributed by atoms with Crippen LogP contribution in [0.2, 0.25) is 0 Å². The van der Waals surface area contributed by atoms with Crippen LogP contribution >= 0.6 is 0 Å². The van der Waals surface area contributed by atoms with Gasteiger partial charge < -0.3 is 14.9 Å². The van der Waals surface area contributed by atoms with Gasteiger partial charge in [0.1, 0.15) is 0 Å². The Hall–Kier alpha value is -1.24. The summed E-state index contributed by atoms with van der Waals surface area (Å²) in [5.74, 6) is 0. The van der Waals surface area contributed by atoms with Crippen LogP contribution in [0.1, 0.15) is 89.5 Å². The molecule has 0 aliphatic carbocycles. The van der Waals surface area contributed by atoms with Crippen LogP contribution < -0.4 is 0 Å². The average Bonchev–Trinajstić information content (AvgIpc) is 2.94. The second-order valence-corrected chi connectivity index (χ2v) is 4.17. The van der Waals surface area contributed by atoms with E-state index in [0.717, 1.165) is 0 Å². The van der Waals surface area contributed by atoms with Gasteiger partial charge in [-0.15, -0.1) is 0 Å². The first-order valence-corrected chi connectivity index (χ1v) is 12.4. The third kappa shape index (κ3) is 97.0. The van der Waals surface area contributed by atoms with Crippen molar-refractivity contribution in [3.05, 3.63) is 124 Å². The molecule has 0 amide bonds. The molecule has 3 aromatic rings. The minimum Gasteiger partial charge on any atom is -0.358 e. The van der Waals surface area contributed by atoms with E-state index in [1.54, 1.807) is 0 Å². The van der Waals surface area contributed by atoms with E-state index in [1.165, 1.54) is 6.42 Å². The van der Waals surface area contributed by atoms with Crippen LogP contribution in [0.5, 0.6) is 0 Å². The summed E-state index contributed by atoms with van der Waals surface area (Å²) in [4.78, 5) is 0. The van der Waals surface area contributed by atoms with Crippen molar-refractivity contribution in [2.45, 2.75) is 89.5 Å². The van der Waals surface area contributed by atoms with Crippen molar-refractivity contribution in [3.63, 3.8) is 0 Å². The molecule has 199 valence electrons. The Morgan fingerprint density at radius 3 is 0.324 bits per heavy atom. The number of rotatable bonds is 0. The number of benzene rings is 3. The molecular formula is C33H62Y-2. The maximum Gasteiger partial charge on any atom is 0 e. The van der Waals surface area contributed by atoms with Crippen LogP contribution in [-0.4, -0.2) is 0 Å². The van der Waals surface area contributed by atoms with Crippen molar-refractivity contribution in [1.82, 2.24) is 0 Å². The molecule has 1 heteroatoms. The van der Waals surface area contributed by atoms with Gasteiger partial charge >= 0.3 is 0 Å².